The number of amides is 1. The van der Waals surface area contributed by atoms with Gasteiger partial charge in [0.1, 0.15) is 5.75 Å². The van der Waals surface area contributed by atoms with Crippen molar-refractivity contribution in [1.82, 2.24) is 4.90 Å². The van der Waals surface area contributed by atoms with E-state index >= 15 is 0 Å². The minimum Gasteiger partial charge on any atom is -0.477 e. The van der Waals surface area contributed by atoms with Crippen LogP contribution in [0.5, 0.6) is 5.75 Å². The van der Waals surface area contributed by atoms with Crippen molar-refractivity contribution in [3.05, 3.63) is 59.7 Å². The van der Waals surface area contributed by atoms with Gasteiger partial charge in [-0.15, -0.1) is 0 Å². The van der Waals surface area contributed by atoms with Crippen LogP contribution in [0.25, 0.3) is 0 Å². The fraction of sp³-hybridized carbons (Fsp3) is 0.381. The summed E-state index contributed by atoms with van der Waals surface area (Å²) in [5, 5.41) is 0. The molecule has 1 saturated heterocycles. The first-order chi connectivity index (χ1) is 13.9. The molecule has 1 atom stereocenters. The number of ether oxygens (including phenoxy) is 2. The van der Waals surface area contributed by atoms with Crippen LogP contribution < -0.4 is 9.64 Å². The van der Waals surface area contributed by atoms with Crippen LogP contribution in [-0.4, -0.2) is 49.8 Å². The second kappa shape index (κ2) is 7.94. The quantitative estimate of drug-likeness (QED) is 0.784. The highest BCUT2D eigenvalue weighted by Crippen LogP contribution is 2.37. The number of carbonyl (C=O) groups excluding carboxylic acids is 1. The first-order valence-electron chi connectivity index (χ1n) is 9.46. The molecule has 0 aromatic heterocycles. The van der Waals surface area contributed by atoms with Crippen LogP contribution in [0.2, 0.25) is 0 Å². The number of para-hydroxylation sites is 2. The Kier molecular flexibility index (Phi) is 5.36. The van der Waals surface area contributed by atoms with Gasteiger partial charge in [-0.05, 0) is 23.8 Å². The molecule has 0 N–H and O–H groups in total. The highest BCUT2D eigenvalue weighted by molar-refractivity contribution is 5.83. The molecule has 8 heteroatoms. The average molecular weight is 406 g/mol. The summed E-state index contributed by atoms with van der Waals surface area (Å²) in [6, 6.07) is 12.6. The molecule has 0 spiro atoms. The standard InChI is InChI=1S/C21H21F3N2O3/c22-21(23,24)16-6-2-1-5-15(16)13-26-14-19(20(27)25-9-11-28-12-10-25)29-18-8-4-3-7-17(18)26/h1-8,19H,9-14H2. The molecule has 2 heterocycles. The first kappa shape index (κ1) is 19.6. The molecule has 0 bridgehead atoms. The van der Waals surface area contributed by atoms with Crippen LogP contribution in [0.1, 0.15) is 11.1 Å². The topological polar surface area (TPSA) is 42.0 Å². The molecule has 29 heavy (non-hydrogen) atoms. The van der Waals surface area contributed by atoms with Gasteiger partial charge in [0.05, 0.1) is 31.0 Å². The molecule has 2 aromatic rings. The Labute approximate surface area is 166 Å². The molecular weight excluding hydrogens is 385 g/mol. The van der Waals surface area contributed by atoms with E-state index in [2.05, 4.69) is 0 Å². The molecule has 5 nitrogen and oxygen atoms in total. The van der Waals surface area contributed by atoms with Gasteiger partial charge in [-0.3, -0.25) is 4.79 Å². The summed E-state index contributed by atoms with van der Waals surface area (Å²) in [6.45, 7) is 2.12. The van der Waals surface area contributed by atoms with Gasteiger partial charge >= 0.3 is 6.18 Å². The molecular formula is C21H21F3N2O3. The number of fused-ring (bicyclic) bond motifs is 1. The van der Waals surface area contributed by atoms with Crippen LogP contribution in [0.15, 0.2) is 48.5 Å². The van der Waals surface area contributed by atoms with E-state index in [1.54, 1.807) is 40.1 Å². The average Bonchev–Trinajstić information content (AvgIpc) is 2.73. The fourth-order valence-electron chi connectivity index (χ4n) is 3.71. The lowest BCUT2D eigenvalue weighted by atomic mass is 10.0. The number of morpholine rings is 1. The number of benzene rings is 2. The van der Waals surface area contributed by atoms with Gasteiger partial charge in [0.2, 0.25) is 0 Å². The Morgan fingerprint density at radius 1 is 1.03 bits per heavy atom. The predicted octanol–water partition coefficient (Wildman–Crippen LogP) is 3.33. The van der Waals surface area contributed by atoms with Gasteiger partial charge < -0.3 is 19.3 Å². The zero-order valence-electron chi connectivity index (χ0n) is 15.7. The smallest absolute Gasteiger partial charge is 0.416 e. The fourth-order valence-corrected chi connectivity index (χ4v) is 3.71. The van der Waals surface area contributed by atoms with E-state index < -0.39 is 17.8 Å². The molecule has 1 fully saturated rings. The summed E-state index contributed by atoms with van der Waals surface area (Å²) in [4.78, 5) is 16.4. The van der Waals surface area contributed by atoms with Crippen molar-refractivity contribution >= 4 is 11.6 Å². The van der Waals surface area contributed by atoms with Gasteiger partial charge in [0, 0.05) is 19.6 Å². The van der Waals surface area contributed by atoms with E-state index in [-0.39, 0.29) is 24.6 Å². The van der Waals surface area contributed by atoms with Gasteiger partial charge in [-0.25, -0.2) is 0 Å². The molecule has 2 aliphatic rings. The molecule has 0 aliphatic carbocycles. The van der Waals surface area contributed by atoms with E-state index in [4.69, 9.17) is 9.47 Å². The molecule has 0 radical (unpaired) electrons. The maximum absolute atomic E-state index is 13.4. The van der Waals surface area contributed by atoms with Crippen LogP contribution in [0.3, 0.4) is 0 Å². The third-order valence-electron chi connectivity index (χ3n) is 5.14. The lowest BCUT2D eigenvalue weighted by Gasteiger charge is -2.38. The summed E-state index contributed by atoms with van der Waals surface area (Å²) >= 11 is 0. The van der Waals surface area contributed by atoms with Gasteiger partial charge in [-0.1, -0.05) is 30.3 Å². The van der Waals surface area contributed by atoms with Gasteiger partial charge in [0.15, 0.2) is 6.10 Å². The van der Waals surface area contributed by atoms with Gasteiger partial charge in [0.25, 0.3) is 5.91 Å². The molecule has 1 unspecified atom stereocenters. The van der Waals surface area contributed by atoms with E-state index in [1.807, 2.05) is 0 Å². The summed E-state index contributed by atoms with van der Waals surface area (Å²) < 4.78 is 51.5. The van der Waals surface area contributed by atoms with Crippen molar-refractivity contribution in [2.45, 2.75) is 18.8 Å². The third-order valence-corrected chi connectivity index (χ3v) is 5.14. The molecule has 4 rings (SSSR count). The van der Waals surface area contributed by atoms with Crippen molar-refractivity contribution in [1.29, 1.82) is 0 Å². The van der Waals surface area contributed by atoms with Crippen molar-refractivity contribution in [2.24, 2.45) is 0 Å². The number of anilines is 1. The number of rotatable bonds is 3. The second-order valence-corrected chi connectivity index (χ2v) is 7.05. The predicted molar refractivity (Wildman–Crippen MR) is 101 cm³/mol. The Balaban J connectivity index is 1.62. The number of alkyl halides is 3. The van der Waals surface area contributed by atoms with Crippen molar-refractivity contribution < 1.29 is 27.4 Å². The zero-order valence-corrected chi connectivity index (χ0v) is 15.7. The molecule has 0 saturated carbocycles. The number of hydrogen-bond acceptors (Lipinski definition) is 4. The lowest BCUT2D eigenvalue weighted by Crippen LogP contribution is -2.52. The maximum atomic E-state index is 13.4. The number of carbonyl (C=O) groups is 1. The largest absolute Gasteiger partial charge is 0.477 e. The van der Waals surface area contributed by atoms with Crippen LogP contribution in [0.4, 0.5) is 18.9 Å². The Bertz CT molecular complexity index is 881. The third kappa shape index (κ3) is 4.17. The van der Waals surface area contributed by atoms with Crippen LogP contribution in [-0.2, 0) is 22.3 Å². The number of halogens is 3. The van der Waals surface area contributed by atoms with Crippen molar-refractivity contribution in [3.63, 3.8) is 0 Å². The Hall–Kier alpha value is -2.74. The normalized spacial score (nSPS) is 19.5. The highest BCUT2D eigenvalue weighted by atomic mass is 19.4. The van der Waals surface area contributed by atoms with Crippen molar-refractivity contribution in [2.75, 3.05) is 37.7 Å². The summed E-state index contributed by atoms with van der Waals surface area (Å²) in [5.41, 5.74) is 0.171. The Morgan fingerprint density at radius 3 is 2.48 bits per heavy atom. The van der Waals surface area contributed by atoms with E-state index in [1.165, 1.54) is 12.1 Å². The molecule has 1 amide bonds. The SMILES string of the molecule is O=C(C1CN(Cc2ccccc2C(F)(F)F)c2ccccc2O1)N1CCOCC1. The first-order valence-corrected chi connectivity index (χ1v) is 9.46. The highest BCUT2D eigenvalue weighted by Gasteiger charge is 2.36. The molecule has 154 valence electrons. The number of nitrogens with zero attached hydrogens (tertiary/aromatic N) is 2. The minimum absolute atomic E-state index is 0.0307. The molecule has 2 aliphatic heterocycles. The minimum atomic E-state index is -4.44. The summed E-state index contributed by atoms with van der Waals surface area (Å²) in [7, 11) is 0. The maximum Gasteiger partial charge on any atom is 0.416 e. The van der Waals surface area contributed by atoms with Crippen molar-refractivity contribution in [3.8, 4) is 5.75 Å². The van der Waals surface area contributed by atoms with Crippen LogP contribution in [0, 0.1) is 0 Å². The monoisotopic (exact) mass is 406 g/mol. The van der Waals surface area contributed by atoms with E-state index in [9.17, 15) is 18.0 Å². The molecule has 2 aromatic carbocycles. The Morgan fingerprint density at radius 2 is 1.72 bits per heavy atom. The lowest BCUT2D eigenvalue weighted by molar-refractivity contribution is -0.143. The summed E-state index contributed by atoms with van der Waals surface area (Å²) in [5.74, 6) is 0.326. The number of hydrogen-bond donors (Lipinski definition) is 0. The van der Waals surface area contributed by atoms with E-state index in [0.717, 1.165) is 6.07 Å². The summed E-state index contributed by atoms with van der Waals surface area (Å²) in [6.07, 6.45) is -5.22. The zero-order chi connectivity index (χ0) is 20.4. The second-order valence-electron chi connectivity index (χ2n) is 7.05. The van der Waals surface area contributed by atoms with Gasteiger partial charge in [-0.2, -0.15) is 13.2 Å². The van der Waals surface area contributed by atoms with Crippen LogP contribution >= 0.6 is 0 Å². The van der Waals surface area contributed by atoms with E-state index in [0.29, 0.717) is 37.7 Å².